The summed E-state index contributed by atoms with van der Waals surface area (Å²) in [6.07, 6.45) is 15.9. The van der Waals surface area contributed by atoms with E-state index < -0.39 is 0 Å². The molecule has 0 bridgehead atoms. The zero-order valence-electron chi connectivity index (χ0n) is 18.7. The minimum absolute atomic E-state index is 0.114. The van der Waals surface area contributed by atoms with E-state index in [4.69, 9.17) is 9.47 Å². The molecule has 0 N–H and O–H groups in total. The maximum absolute atomic E-state index is 12.3. The quantitative estimate of drug-likeness (QED) is 0.235. The number of rotatable bonds is 15. The molecule has 0 aliphatic heterocycles. The number of carbonyl (C=O) groups is 2. The summed E-state index contributed by atoms with van der Waals surface area (Å²) in [5.41, 5.74) is 0. The molecule has 2 unspecified atom stereocenters. The van der Waals surface area contributed by atoms with Crippen molar-refractivity contribution < 1.29 is 19.1 Å². The van der Waals surface area contributed by atoms with Crippen LogP contribution >= 0.6 is 0 Å². The first-order chi connectivity index (χ1) is 13.5. The Bertz CT molecular complexity index is 419. The highest BCUT2D eigenvalue weighted by atomic mass is 16.5. The van der Waals surface area contributed by atoms with Crippen molar-refractivity contribution >= 4 is 11.9 Å². The van der Waals surface area contributed by atoms with Gasteiger partial charge in [-0.1, -0.05) is 85.0 Å². The van der Waals surface area contributed by atoms with Crippen LogP contribution in [0.4, 0.5) is 0 Å². The summed E-state index contributed by atoms with van der Waals surface area (Å²) in [5.74, 6) is -0.177. The number of hydrogen-bond donors (Lipinski definition) is 0. The van der Waals surface area contributed by atoms with Gasteiger partial charge in [0.05, 0.1) is 25.0 Å². The Morgan fingerprint density at radius 1 is 0.786 bits per heavy atom. The lowest BCUT2D eigenvalue weighted by Crippen LogP contribution is -2.30. The fraction of sp³-hybridized carbons (Fsp3) is 0.917. The van der Waals surface area contributed by atoms with Crippen LogP contribution < -0.4 is 0 Å². The average Bonchev–Trinajstić information content (AvgIpc) is 2.70. The molecule has 1 aliphatic carbocycles. The number of ether oxygens (including phenoxy) is 2. The van der Waals surface area contributed by atoms with Crippen LogP contribution in [0.3, 0.4) is 0 Å². The SMILES string of the molecule is CCCCCCCCCCCCOC(=O)C1CCCC(C(=O)OCC(C)C)C1. The van der Waals surface area contributed by atoms with Gasteiger partial charge < -0.3 is 9.47 Å². The first kappa shape index (κ1) is 25.0. The molecule has 164 valence electrons. The minimum atomic E-state index is -0.138. The van der Waals surface area contributed by atoms with E-state index in [1.165, 1.54) is 51.4 Å². The number of carbonyl (C=O) groups excluding carboxylic acids is 2. The molecule has 0 heterocycles. The van der Waals surface area contributed by atoms with Crippen molar-refractivity contribution in [1.82, 2.24) is 0 Å². The third-order valence-electron chi connectivity index (χ3n) is 5.64. The smallest absolute Gasteiger partial charge is 0.308 e. The molecule has 1 aliphatic rings. The molecule has 0 spiro atoms. The predicted molar refractivity (Wildman–Crippen MR) is 114 cm³/mol. The van der Waals surface area contributed by atoms with Crippen molar-refractivity contribution in [2.45, 2.75) is 111 Å². The van der Waals surface area contributed by atoms with E-state index in [-0.39, 0.29) is 23.8 Å². The Hall–Kier alpha value is -1.06. The fourth-order valence-electron chi connectivity index (χ4n) is 3.86. The van der Waals surface area contributed by atoms with Gasteiger partial charge >= 0.3 is 11.9 Å². The lowest BCUT2D eigenvalue weighted by Gasteiger charge is -2.26. The van der Waals surface area contributed by atoms with Crippen LogP contribution in [0, 0.1) is 17.8 Å². The van der Waals surface area contributed by atoms with Crippen LogP contribution in [0.15, 0.2) is 0 Å². The Morgan fingerprint density at radius 3 is 1.82 bits per heavy atom. The van der Waals surface area contributed by atoms with Crippen molar-refractivity contribution in [2.75, 3.05) is 13.2 Å². The molecule has 0 amide bonds. The van der Waals surface area contributed by atoms with Crippen molar-refractivity contribution in [3.63, 3.8) is 0 Å². The van der Waals surface area contributed by atoms with Gasteiger partial charge in [-0.15, -0.1) is 0 Å². The zero-order valence-corrected chi connectivity index (χ0v) is 18.7. The third-order valence-corrected chi connectivity index (χ3v) is 5.64. The van der Waals surface area contributed by atoms with Gasteiger partial charge in [0.25, 0.3) is 0 Å². The summed E-state index contributed by atoms with van der Waals surface area (Å²) in [7, 11) is 0. The summed E-state index contributed by atoms with van der Waals surface area (Å²) < 4.78 is 10.8. The van der Waals surface area contributed by atoms with Gasteiger partial charge in [0.2, 0.25) is 0 Å². The monoisotopic (exact) mass is 396 g/mol. The Morgan fingerprint density at radius 2 is 1.29 bits per heavy atom. The first-order valence-corrected chi connectivity index (χ1v) is 11.9. The summed E-state index contributed by atoms with van der Waals surface area (Å²) in [4.78, 5) is 24.5. The van der Waals surface area contributed by atoms with Gasteiger partial charge in [0.1, 0.15) is 0 Å². The van der Waals surface area contributed by atoms with Crippen molar-refractivity contribution in [3.05, 3.63) is 0 Å². The molecular formula is C24H44O4. The second-order valence-corrected chi connectivity index (χ2v) is 8.93. The summed E-state index contributed by atoms with van der Waals surface area (Å²) in [6, 6.07) is 0. The van der Waals surface area contributed by atoms with E-state index in [9.17, 15) is 9.59 Å². The molecule has 28 heavy (non-hydrogen) atoms. The summed E-state index contributed by atoms with van der Waals surface area (Å²) in [5, 5.41) is 0. The summed E-state index contributed by atoms with van der Waals surface area (Å²) >= 11 is 0. The van der Waals surface area contributed by atoms with Gasteiger partial charge in [-0.2, -0.15) is 0 Å². The van der Waals surface area contributed by atoms with Gasteiger partial charge in [-0.05, 0) is 31.6 Å². The molecule has 1 saturated carbocycles. The van der Waals surface area contributed by atoms with Gasteiger partial charge in [0, 0.05) is 0 Å². The second-order valence-electron chi connectivity index (χ2n) is 8.93. The Balaban J connectivity index is 2.06. The summed E-state index contributed by atoms with van der Waals surface area (Å²) in [6.45, 7) is 7.29. The van der Waals surface area contributed by atoms with Crippen LogP contribution in [0.2, 0.25) is 0 Å². The van der Waals surface area contributed by atoms with Crippen molar-refractivity contribution in [2.24, 2.45) is 17.8 Å². The predicted octanol–water partition coefficient (Wildman–Crippen LogP) is 6.46. The highest BCUT2D eigenvalue weighted by molar-refractivity contribution is 5.76. The molecule has 4 heteroatoms. The maximum Gasteiger partial charge on any atom is 0.308 e. The van der Waals surface area contributed by atoms with Crippen LogP contribution in [0.25, 0.3) is 0 Å². The van der Waals surface area contributed by atoms with Crippen molar-refractivity contribution in [3.8, 4) is 0 Å². The molecule has 1 fully saturated rings. The number of hydrogen-bond acceptors (Lipinski definition) is 4. The number of esters is 2. The molecule has 0 saturated heterocycles. The standard InChI is InChI=1S/C24H44O4/c1-4-5-6-7-8-9-10-11-12-13-17-27-23(25)21-15-14-16-22(18-21)24(26)28-19-20(2)3/h20-22H,4-19H2,1-3H3. The lowest BCUT2D eigenvalue weighted by atomic mass is 9.81. The van der Waals surface area contributed by atoms with E-state index in [1.54, 1.807) is 0 Å². The van der Waals surface area contributed by atoms with E-state index in [0.717, 1.165) is 32.1 Å². The number of unbranched alkanes of at least 4 members (excludes halogenated alkanes) is 9. The van der Waals surface area contributed by atoms with Gasteiger partial charge in [-0.3, -0.25) is 9.59 Å². The van der Waals surface area contributed by atoms with E-state index in [1.807, 2.05) is 13.8 Å². The molecule has 1 rings (SSSR count). The van der Waals surface area contributed by atoms with Crippen LogP contribution in [-0.4, -0.2) is 25.2 Å². The Labute approximate surface area is 173 Å². The molecule has 4 nitrogen and oxygen atoms in total. The average molecular weight is 397 g/mol. The topological polar surface area (TPSA) is 52.6 Å². The molecular weight excluding hydrogens is 352 g/mol. The second kappa shape index (κ2) is 15.8. The van der Waals surface area contributed by atoms with Crippen LogP contribution in [0.1, 0.15) is 111 Å². The molecule has 0 radical (unpaired) electrons. The highest BCUT2D eigenvalue weighted by Gasteiger charge is 2.32. The minimum Gasteiger partial charge on any atom is -0.465 e. The fourth-order valence-corrected chi connectivity index (χ4v) is 3.86. The van der Waals surface area contributed by atoms with E-state index in [2.05, 4.69) is 6.92 Å². The van der Waals surface area contributed by atoms with E-state index >= 15 is 0 Å². The highest BCUT2D eigenvalue weighted by Crippen LogP contribution is 2.31. The van der Waals surface area contributed by atoms with Gasteiger partial charge in [-0.25, -0.2) is 0 Å². The molecule has 0 aromatic rings. The third kappa shape index (κ3) is 11.7. The largest absolute Gasteiger partial charge is 0.465 e. The van der Waals surface area contributed by atoms with Crippen LogP contribution in [-0.2, 0) is 19.1 Å². The molecule has 0 aromatic carbocycles. The maximum atomic E-state index is 12.3. The lowest BCUT2D eigenvalue weighted by molar-refractivity contribution is -0.155. The first-order valence-electron chi connectivity index (χ1n) is 11.9. The van der Waals surface area contributed by atoms with Crippen molar-refractivity contribution in [1.29, 1.82) is 0 Å². The Kier molecular flexibility index (Phi) is 14.1. The van der Waals surface area contributed by atoms with Crippen LogP contribution in [0.5, 0.6) is 0 Å². The normalized spacial score (nSPS) is 19.6. The van der Waals surface area contributed by atoms with E-state index in [0.29, 0.717) is 25.6 Å². The molecule has 2 atom stereocenters. The van der Waals surface area contributed by atoms with Gasteiger partial charge in [0.15, 0.2) is 0 Å². The zero-order chi connectivity index (χ0) is 20.6. The molecule has 0 aromatic heterocycles.